The van der Waals surface area contributed by atoms with E-state index in [-0.39, 0.29) is 18.4 Å². The van der Waals surface area contributed by atoms with Crippen LogP contribution in [0.4, 0.5) is 0 Å². The smallest absolute Gasteiger partial charge is 0.260 e. The van der Waals surface area contributed by atoms with Crippen molar-refractivity contribution in [2.24, 2.45) is 0 Å². The van der Waals surface area contributed by atoms with Crippen molar-refractivity contribution in [3.8, 4) is 5.75 Å². The maximum Gasteiger partial charge on any atom is 0.260 e. The normalized spacial score (nSPS) is 14.7. The Morgan fingerprint density at radius 3 is 2.43 bits per heavy atom. The van der Waals surface area contributed by atoms with Crippen LogP contribution in [0.15, 0.2) is 36.9 Å². The first-order chi connectivity index (χ1) is 10.1. The molecule has 1 aromatic rings. The van der Waals surface area contributed by atoms with Gasteiger partial charge in [0.25, 0.3) is 5.91 Å². The largest absolute Gasteiger partial charge is 0.484 e. The van der Waals surface area contributed by atoms with Crippen LogP contribution in [0.25, 0.3) is 0 Å². The number of carbonyl (C=O) groups excluding carboxylic acids is 2. The van der Waals surface area contributed by atoms with Crippen molar-refractivity contribution in [2.45, 2.75) is 6.92 Å². The molecule has 0 aliphatic carbocycles. The average molecular weight is 288 g/mol. The quantitative estimate of drug-likeness (QED) is 0.783. The van der Waals surface area contributed by atoms with Gasteiger partial charge in [0.1, 0.15) is 5.75 Å². The number of carbonyl (C=O) groups is 2. The van der Waals surface area contributed by atoms with Gasteiger partial charge in [0.15, 0.2) is 6.61 Å². The minimum absolute atomic E-state index is 0.0280. The van der Waals surface area contributed by atoms with Gasteiger partial charge in [0.05, 0.1) is 0 Å². The van der Waals surface area contributed by atoms with Gasteiger partial charge in [-0.15, -0.1) is 0 Å². The predicted octanol–water partition coefficient (Wildman–Crippen LogP) is 1.23. The molecule has 0 N–H and O–H groups in total. The third-order valence-corrected chi connectivity index (χ3v) is 3.56. The molecule has 1 aliphatic rings. The molecule has 0 unspecified atom stereocenters. The van der Waals surface area contributed by atoms with Crippen LogP contribution in [0.5, 0.6) is 5.75 Å². The molecular weight excluding hydrogens is 268 g/mol. The van der Waals surface area contributed by atoms with Gasteiger partial charge in [-0.2, -0.15) is 0 Å². The predicted molar refractivity (Wildman–Crippen MR) is 80.0 cm³/mol. The summed E-state index contributed by atoms with van der Waals surface area (Å²) in [7, 11) is 0. The highest BCUT2D eigenvalue weighted by Gasteiger charge is 2.23. The monoisotopic (exact) mass is 288 g/mol. The second-order valence-electron chi connectivity index (χ2n) is 4.96. The molecule has 0 radical (unpaired) electrons. The molecule has 0 aromatic heterocycles. The van der Waals surface area contributed by atoms with Crippen LogP contribution in [-0.2, 0) is 9.59 Å². The van der Waals surface area contributed by atoms with Crippen molar-refractivity contribution >= 4 is 11.8 Å². The average Bonchev–Trinajstić information content (AvgIpc) is 2.53. The molecule has 1 heterocycles. The van der Waals surface area contributed by atoms with E-state index in [0.29, 0.717) is 26.2 Å². The Labute approximate surface area is 124 Å². The molecule has 1 fully saturated rings. The number of aryl methyl sites for hydroxylation is 1. The van der Waals surface area contributed by atoms with E-state index < -0.39 is 0 Å². The minimum atomic E-state index is -0.0849. The van der Waals surface area contributed by atoms with Crippen LogP contribution in [0.2, 0.25) is 0 Å². The number of nitrogens with zero attached hydrogens (tertiary/aromatic N) is 2. The van der Waals surface area contributed by atoms with E-state index in [2.05, 4.69) is 6.58 Å². The zero-order valence-electron chi connectivity index (χ0n) is 12.2. The van der Waals surface area contributed by atoms with Crippen LogP contribution in [0, 0.1) is 6.92 Å². The molecule has 0 spiro atoms. The summed E-state index contributed by atoms with van der Waals surface area (Å²) in [5.74, 6) is 0.591. The first kappa shape index (κ1) is 15.1. The third kappa shape index (κ3) is 3.84. The molecule has 1 aromatic carbocycles. The Morgan fingerprint density at radius 2 is 1.81 bits per heavy atom. The number of para-hydroxylation sites is 1. The fourth-order valence-electron chi connectivity index (χ4n) is 2.25. The minimum Gasteiger partial charge on any atom is -0.484 e. The number of hydrogen-bond donors (Lipinski definition) is 0. The molecule has 0 saturated carbocycles. The number of amides is 2. The maximum absolute atomic E-state index is 12.1. The van der Waals surface area contributed by atoms with Crippen LogP contribution >= 0.6 is 0 Å². The standard InChI is InChI=1S/C16H20N2O3/c1-3-15(19)17-8-10-18(11-9-17)16(20)12-21-14-7-5-4-6-13(14)2/h3-7H,1,8-12H2,2H3. The Kier molecular flexibility index (Phi) is 4.98. The number of hydrogen-bond acceptors (Lipinski definition) is 3. The lowest BCUT2D eigenvalue weighted by atomic mass is 10.2. The lowest BCUT2D eigenvalue weighted by Crippen LogP contribution is -2.51. The zero-order valence-corrected chi connectivity index (χ0v) is 12.2. The second kappa shape index (κ2) is 6.92. The molecule has 0 bridgehead atoms. The summed E-state index contributed by atoms with van der Waals surface area (Å²) < 4.78 is 5.56. The Hall–Kier alpha value is -2.30. The van der Waals surface area contributed by atoms with E-state index in [0.717, 1.165) is 11.3 Å². The van der Waals surface area contributed by atoms with Crippen molar-refractivity contribution in [3.05, 3.63) is 42.5 Å². The fourth-order valence-corrected chi connectivity index (χ4v) is 2.25. The third-order valence-electron chi connectivity index (χ3n) is 3.56. The van der Waals surface area contributed by atoms with Gasteiger partial charge in [-0.3, -0.25) is 9.59 Å². The van der Waals surface area contributed by atoms with Crippen molar-refractivity contribution in [1.82, 2.24) is 9.80 Å². The highest BCUT2D eigenvalue weighted by Crippen LogP contribution is 2.16. The number of ether oxygens (including phenoxy) is 1. The highest BCUT2D eigenvalue weighted by atomic mass is 16.5. The summed E-state index contributed by atoms with van der Waals surface area (Å²) in [6.45, 7) is 7.60. The van der Waals surface area contributed by atoms with Crippen molar-refractivity contribution in [2.75, 3.05) is 32.8 Å². The first-order valence-electron chi connectivity index (χ1n) is 6.99. The Morgan fingerprint density at radius 1 is 1.19 bits per heavy atom. The second-order valence-corrected chi connectivity index (χ2v) is 4.96. The number of benzene rings is 1. The molecule has 1 aliphatic heterocycles. The highest BCUT2D eigenvalue weighted by molar-refractivity contribution is 5.87. The zero-order chi connectivity index (χ0) is 15.2. The van der Waals surface area contributed by atoms with Crippen LogP contribution in [0.3, 0.4) is 0 Å². The van der Waals surface area contributed by atoms with Gasteiger partial charge in [-0.25, -0.2) is 0 Å². The van der Waals surface area contributed by atoms with E-state index in [1.54, 1.807) is 9.80 Å². The molecule has 2 rings (SSSR count). The lowest BCUT2D eigenvalue weighted by molar-refractivity contribution is -0.138. The molecule has 21 heavy (non-hydrogen) atoms. The lowest BCUT2D eigenvalue weighted by Gasteiger charge is -2.34. The van der Waals surface area contributed by atoms with Crippen LogP contribution in [0.1, 0.15) is 5.56 Å². The van der Waals surface area contributed by atoms with Crippen LogP contribution < -0.4 is 4.74 Å². The SMILES string of the molecule is C=CC(=O)N1CCN(C(=O)COc2ccccc2C)CC1. The molecule has 5 nitrogen and oxygen atoms in total. The summed E-state index contributed by atoms with van der Waals surface area (Å²) in [6, 6.07) is 7.61. The van der Waals surface area contributed by atoms with E-state index in [9.17, 15) is 9.59 Å². The van der Waals surface area contributed by atoms with Crippen LogP contribution in [-0.4, -0.2) is 54.4 Å². The Balaban J connectivity index is 1.81. The molecular formula is C16H20N2O3. The van der Waals surface area contributed by atoms with Gasteiger partial charge in [-0.1, -0.05) is 24.8 Å². The van der Waals surface area contributed by atoms with Crippen molar-refractivity contribution < 1.29 is 14.3 Å². The maximum atomic E-state index is 12.1. The fraction of sp³-hybridized carbons (Fsp3) is 0.375. The molecule has 1 saturated heterocycles. The van der Waals surface area contributed by atoms with Gasteiger partial charge in [0.2, 0.25) is 5.91 Å². The summed E-state index contributed by atoms with van der Waals surface area (Å²) in [5.41, 5.74) is 1.01. The van der Waals surface area contributed by atoms with Crippen molar-refractivity contribution in [3.63, 3.8) is 0 Å². The molecule has 112 valence electrons. The summed E-state index contributed by atoms with van der Waals surface area (Å²) in [4.78, 5) is 27.0. The molecule has 2 amide bonds. The summed E-state index contributed by atoms with van der Waals surface area (Å²) in [6.07, 6.45) is 1.30. The van der Waals surface area contributed by atoms with E-state index in [1.807, 2.05) is 31.2 Å². The van der Waals surface area contributed by atoms with Gasteiger partial charge in [-0.05, 0) is 24.6 Å². The summed E-state index contributed by atoms with van der Waals surface area (Å²) >= 11 is 0. The topological polar surface area (TPSA) is 49.9 Å². The summed E-state index contributed by atoms with van der Waals surface area (Å²) in [5, 5.41) is 0. The molecule has 5 heteroatoms. The van der Waals surface area contributed by atoms with E-state index in [4.69, 9.17) is 4.74 Å². The molecule has 0 atom stereocenters. The van der Waals surface area contributed by atoms with E-state index >= 15 is 0 Å². The van der Waals surface area contributed by atoms with E-state index in [1.165, 1.54) is 6.08 Å². The first-order valence-corrected chi connectivity index (χ1v) is 6.99. The van der Waals surface area contributed by atoms with Gasteiger partial charge < -0.3 is 14.5 Å². The van der Waals surface area contributed by atoms with Gasteiger partial charge >= 0.3 is 0 Å². The Bertz CT molecular complexity index is 534. The number of piperazine rings is 1. The van der Waals surface area contributed by atoms with Crippen molar-refractivity contribution in [1.29, 1.82) is 0 Å². The van der Waals surface area contributed by atoms with Gasteiger partial charge in [0, 0.05) is 26.2 Å². The number of rotatable bonds is 4.